The third-order valence-corrected chi connectivity index (χ3v) is 5.52. The number of hydrogen-bond donors (Lipinski definition) is 0. The standard InChI is InChI=1S/C14H25BO2/c1-13(2)14(3,4)17-15(16-13)12-9-11(12)10-7-5-6-8-10/h10-12H,5-9H2,1-4H3/t11-,12+/m0/s1. The van der Waals surface area contributed by atoms with Gasteiger partial charge in [-0.2, -0.15) is 0 Å². The molecule has 3 rings (SSSR count). The molecule has 0 aromatic rings. The van der Waals surface area contributed by atoms with Crippen LogP contribution in [0.1, 0.15) is 59.8 Å². The van der Waals surface area contributed by atoms with Crippen LogP contribution in [0.4, 0.5) is 0 Å². The van der Waals surface area contributed by atoms with Crippen molar-refractivity contribution in [3.8, 4) is 0 Å². The van der Waals surface area contributed by atoms with Crippen LogP contribution < -0.4 is 0 Å². The average molecular weight is 236 g/mol. The Morgan fingerprint density at radius 1 is 0.941 bits per heavy atom. The molecule has 0 N–H and O–H groups in total. The van der Waals surface area contributed by atoms with Crippen molar-refractivity contribution in [1.29, 1.82) is 0 Å². The second-order valence-electron chi connectivity index (χ2n) is 7.23. The Bertz CT molecular complexity index is 291. The van der Waals surface area contributed by atoms with Gasteiger partial charge >= 0.3 is 7.12 Å². The van der Waals surface area contributed by atoms with Crippen LogP contribution in [0.3, 0.4) is 0 Å². The van der Waals surface area contributed by atoms with E-state index < -0.39 is 0 Å². The Morgan fingerprint density at radius 3 is 2.00 bits per heavy atom. The van der Waals surface area contributed by atoms with E-state index in [2.05, 4.69) is 27.7 Å². The summed E-state index contributed by atoms with van der Waals surface area (Å²) in [6.45, 7) is 8.61. The smallest absolute Gasteiger partial charge is 0.403 e. The van der Waals surface area contributed by atoms with Crippen molar-refractivity contribution in [2.75, 3.05) is 0 Å². The Hall–Kier alpha value is -0.0151. The molecule has 3 aliphatic rings. The highest BCUT2D eigenvalue weighted by Gasteiger charge is 2.60. The van der Waals surface area contributed by atoms with Crippen molar-refractivity contribution in [1.82, 2.24) is 0 Å². The first-order valence-corrected chi connectivity index (χ1v) is 7.26. The largest absolute Gasteiger partial charge is 0.461 e. The molecular weight excluding hydrogens is 211 g/mol. The molecule has 0 bridgehead atoms. The number of rotatable bonds is 2. The Balaban J connectivity index is 1.61. The van der Waals surface area contributed by atoms with Crippen LogP contribution in [0.25, 0.3) is 0 Å². The molecule has 2 atom stereocenters. The molecule has 0 aromatic carbocycles. The number of hydrogen-bond acceptors (Lipinski definition) is 2. The van der Waals surface area contributed by atoms with Gasteiger partial charge in [0.05, 0.1) is 11.2 Å². The molecule has 0 spiro atoms. The van der Waals surface area contributed by atoms with Gasteiger partial charge in [-0.05, 0) is 51.8 Å². The Labute approximate surface area is 106 Å². The molecule has 0 radical (unpaired) electrons. The van der Waals surface area contributed by atoms with Crippen molar-refractivity contribution >= 4 is 7.12 Å². The summed E-state index contributed by atoms with van der Waals surface area (Å²) in [6.07, 6.45) is 7.11. The Morgan fingerprint density at radius 2 is 1.47 bits per heavy atom. The van der Waals surface area contributed by atoms with E-state index in [0.717, 1.165) is 11.8 Å². The van der Waals surface area contributed by atoms with E-state index in [0.29, 0.717) is 5.82 Å². The van der Waals surface area contributed by atoms with E-state index in [9.17, 15) is 0 Å². The van der Waals surface area contributed by atoms with Gasteiger partial charge in [-0.25, -0.2) is 0 Å². The van der Waals surface area contributed by atoms with Gasteiger partial charge in [0.15, 0.2) is 0 Å². The maximum Gasteiger partial charge on any atom is 0.461 e. The predicted octanol–water partition coefficient (Wildman–Crippen LogP) is 3.66. The lowest BCUT2D eigenvalue weighted by Gasteiger charge is -2.32. The summed E-state index contributed by atoms with van der Waals surface area (Å²) in [6, 6.07) is 0. The minimum atomic E-state index is -0.152. The van der Waals surface area contributed by atoms with E-state index in [1.54, 1.807) is 0 Å². The van der Waals surface area contributed by atoms with Crippen molar-refractivity contribution in [3.05, 3.63) is 0 Å². The van der Waals surface area contributed by atoms with Crippen LogP contribution in [0.15, 0.2) is 0 Å². The lowest BCUT2D eigenvalue weighted by molar-refractivity contribution is 0.00578. The summed E-state index contributed by atoms with van der Waals surface area (Å²) in [4.78, 5) is 0. The molecule has 1 heterocycles. The van der Waals surface area contributed by atoms with Gasteiger partial charge in [0.25, 0.3) is 0 Å². The second-order valence-corrected chi connectivity index (χ2v) is 7.23. The lowest BCUT2D eigenvalue weighted by Crippen LogP contribution is -2.41. The summed E-state index contributed by atoms with van der Waals surface area (Å²) in [5.74, 6) is 2.55. The quantitative estimate of drug-likeness (QED) is 0.681. The fraction of sp³-hybridized carbons (Fsp3) is 1.00. The maximum absolute atomic E-state index is 6.16. The van der Waals surface area contributed by atoms with Gasteiger partial charge < -0.3 is 9.31 Å². The van der Waals surface area contributed by atoms with Crippen LogP contribution in [0.5, 0.6) is 0 Å². The third-order valence-electron chi connectivity index (χ3n) is 5.52. The highest BCUT2D eigenvalue weighted by Crippen LogP contribution is 2.58. The van der Waals surface area contributed by atoms with E-state index in [4.69, 9.17) is 9.31 Å². The van der Waals surface area contributed by atoms with E-state index in [1.807, 2.05) is 0 Å². The lowest BCUT2D eigenvalue weighted by atomic mass is 9.78. The monoisotopic (exact) mass is 236 g/mol. The zero-order valence-electron chi connectivity index (χ0n) is 11.7. The van der Waals surface area contributed by atoms with Gasteiger partial charge in [0.2, 0.25) is 0 Å². The minimum Gasteiger partial charge on any atom is -0.403 e. The highest BCUT2D eigenvalue weighted by atomic mass is 16.7. The fourth-order valence-corrected chi connectivity index (χ4v) is 3.54. The maximum atomic E-state index is 6.16. The van der Waals surface area contributed by atoms with Gasteiger partial charge in [-0.3, -0.25) is 0 Å². The first-order chi connectivity index (χ1) is 7.91. The summed E-state index contributed by atoms with van der Waals surface area (Å²) in [7, 11) is 0.0607. The van der Waals surface area contributed by atoms with Crippen molar-refractivity contribution in [2.24, 2.45) is 11.8 Å². The zero-order chi connectivity index (χ0) is 12.3. The summed E-state index contributed by atoms with van der Waals surface area (Å²) >= 11 is 0. The van der Waals surface area contributed by atoms with Crippen LogP contribution in [0, 0.1) is 11.8 Å². The topological polar surface area (TPSA) is 18.5 Å². The molecule has 2 aliphatic carbocycles. The molecule has 96 valence electrons. The minimum absolute atomic E-state index is 0.0607. The summed E-state index contributed by atoms with van der Waals surface area (Å²) in [5, 5.41) is 0. The molecule has 0 amide bonds. The first-order valence-electron chi connectivity index (χ1n) is 7.26. The van der Waals surface area contributed by atoms with Crippen LogP contribution in [0.2, 0.25) is 5.82 Å². The fourth-order valence-electron chi connectivity index (χ4n) is 3.54. The molecule has 0 unspecified atom stereocenters. The van der Waals surface area contributed by atoms with Crippen molar-refractivity contribution < 1.29 is 9.31 Å². The zero-order valence-corrected chi connectivity index (χ0v) is 11.7. The van der Waals surface area contributed by atoms with E-state index >= 15 is 0 Å². The molecule has 1 aliphatic heterocycles. The SMILES string of the molecule is CC1(C)OB([C@@H]2C[C@H]2C2CCCC2)OC1(C)C. The van der Waals surface area contributed by atoms with Gasteiger partial charge in [-0.15, -0.1) is 0 Å². The molecular formula is C14H25BO2. The van der Waals surface area contributed by atoms with Crippen LogP contribution >= 0.6 is 0 Å². The molecule has 2 nitrogen and oxygen atoms in total. The molecule has 3 heteroatoms. The molecule has 17 heavy (non-hydrogen) atoms. The average Bonchev–Trinajstić information content (AvgIpc) is 2.75. The molecule has 3 fully saturated rings. The summed E-state index contributed by atoms with van der Waals surface area (Å²) < 4.78 is 12.3. The Kier molecular flexibility index (Phi) is 2.65. The van der Waals surface area contributed by atoms with Crippen LogP contribution in [-0.2, 0) is 9.31 Å². The van der Waals surface area contributed by atoms with E-state index in [1.165, 1.54) is 32.1 Å². The van der Waals surface area contributed by atoms with Gasteiger partial charge in [0, 0.05) is 0 Å². The van der Waals surface area contributed by atoms with Gasteiger partial charge in [-0.1, -0.05) is 25.7 Å². The molecule has 2 saturated carbocycles. The predicted molar refractivity (Wildman–Crippen MR) is 69.9 cm³/mol. The summed E-state index contributed by atoms with van der Waals surface area (Å²) in [5.41, 5.74) is -0.305. The normalized spacial score (nSPS) is 39.9. The van der Waals surface area contributed by atoms with Crippen LogP contribution in [-0.4, -0.2) is 18.3 Å². The molecule has 0 aromatic heterocycles. The molecule has 1 saturated heterocycles. The van der Waals surface area contributed by atoms with Crippen molar-refractivity contribution in [2.45, 2.75) is 76.8 Å². The highest BCUT2D eigenvalue weighted by molar-refractivity contribution is 6.48. The first kappa shape index (κ1) is 12.0. The van der Waals surface area contributed by atoms with Crippen molar-refractivity contribution in [3.63, 3.8) is 0 Å². The third kappa shape index (κ3) is 1.96. The van der Waals surface area contributed by atoms with Gasteiger partial charge in [0.1, 0.15) is 0 Å². The van der Waals surface area contributed by atoms with E-state index in [-0.39, 0.29) is 18.3 Å². The second kappa shape index (κ2) is 3.74.